The highest BCUT2D eigenvalue weighted by atomic mass is 16.5. The van der Waals surface area contributed by atoms with Gasteiger partial charge in [-0.15, -0.1) is 0 Å². The van der Waals surface area contributed by atoms with E-state index in [2.05, 4.69) is 10.3 Å². The van der Waals surface area contributed by atoms with Gasteiger partial charge in [0.1, 0.15) is 0 Å². The highest BCUT2D eigenvalue weighted by Gasteiger charge is 2.00. The summed E-state index contributed by atoms with van der Waals surface area (Å²) in [5, 5.41) is 2.80. The maximum Gasteiger partial charge on any atom is 0.220 e. The number of aromatic nitrogens is 1. The summed E-state index contributed by atoms with van der Waals surface area (Å²) in [5.74, 6) is 0.583. The van der Waals surface area contributed by atoms with Crippen LogP contribution in [0.5, 0.6) is 5.88 Å². The molecule has 16 heavy (non-hydrogen) atoms. The Bertz CT molecular complexity index is 325. The smallest absolute Gasteiger partial charge is 0.220 e. The molecule has 0 saturated heterocycles. The third-order valence-electron chi connectivity index (χ3n) is 2.10. The van der Waals surface area contributed by atoms with Gasteiger partial charge in [-0.3, -0.25) is 4.79 Å². The molecule has 0 aliphatic heterocycles. The van der Waals surface area contributed by atoms with Gasteiger partial charge >= 0.3 is 0 Å². The molecule has 0 atom stereocenters. The number of nitrogens with one attached hydrogen (secondary N) is 1. The molecule has 0 aromatic carbocycles. The minimum absolute atomic E-state index is 0.0151. The van der Waals surface area contributed by atoms with Crippen LogP contribution in [0.1, 0.15) is 18.4 Å². The summed E-state index contributed by atoms with van der Waals surface area (Å²) >= 11 is 0. The predicted molar refractivity (Wildman–Crippen MR) is 60.9 cm³/mol. The third kappa shape index (κ3) is 4.27. The van der Waals surface area contributed by atoms with Crippen molar-refractivity contribution in [3.8, 4) is 5.88 Å². The number of nitrogens with zero attached hydrogens (tertiary/aromatic N) is 1. The number of ether oxygens (including phenoxy) is 1. The van der Waals surface area contributed by atoms with E-state index >= 15 is 0 Å². The van der Waals surface area contributed by atoms with Crippen LogP contribution in [-0.4, -0.2) is 24.5 Å². The minimum Gasteiger partial charge on any atom is -0.481 e. The van der Waals surface area contributed by atoms with Gasteiger partial charge in [0.05, 0.1) is 7.11 Å². The molecule has 0 radical (unpaired) electrons. The lowest BCUT2D eigenvalue weighted by atomic mass is 10.2. The first kappa shape index (κ1) is 12.4. The molecular weight excluding hydrogens is 206 g/mol. The fourth-order valence-electron chi connectivity index (χ4n) is 1.19. The Morgan fingerprint density at radius 3 is 2.94 bits per heavy atom. The molecule has 0 aliphatic carbocycles. The number of amides is 1. The number of hydrogen-bond acceptors (Lipinski definition) is 4. The van der Waals surface area contributed by atoms with Crippen LogP contribution in [0.2, 0.25) is 0 Å². The lowest BCUT2D eigenvalue weighted by Gasteiger charge is -2.05. The van der Waals surface area contributed by atoms with Crippen LogP contribution in [0.3, 0.4) is 0 Å². The number of hydrogen-bond donors (Lipinski definition) is 2. The summed E-state index contributed by atoms with van der Waals surface area (Å²) in [6.07, 6.45) is 2.87. The van der Waals surface area contributed by atoms with Crippen LogP contribution in [0.15, 0.2) is 18.3 Å². The van der Waals surface area contributed by atoms with Gasteiger partial charge in [-0.1, -0.05) is 6.07 Å². The zero-order valence-corrected chi connectivity index (χ0v) is 9.40. The van der Waals surface area contributed by atoms with Crippen molar-refractivity contribution in [3.63, 3.8) is 0 Å². The molecule has 88 valence electrons. The van der Waals surface area contributed by atoms with Gasteiger partial charge in [0.25, 0.3) is 0 Å². The number of carbonyl (C=O) groups is 1. The highest BCUT2D eigenvalue weighted by Crippen LogP contribution is 2.06. The van der Waals surface area contributed by atoms with Crippen LogP contribution in [0.4, 0.5) is 0 Å². The SMILES string of the molecule is COc1ccc(CNC(=O)CCCN)cn1. The number of methoxy groups -OCH3 is 1. The summed E-state index contributed by atoms with van der Waals surface area (Å²) in [7, 11) is 1.57. The first-order valence-corrected chi connectivity index (χ1v) is 5.22. The molecule has 5 nitrogen and oxygen atoms in total. The van der Waals surface area contributed by atoms with E-state index in [1.54, 1.807) is 19.4 Å². The number of rotatable bonds is 6. The number of carbonyl (C=O) groups excluding carboxylic acids is 1. The van der Waals surface area contributed by atoms with Crippen molar-refractivity contribution in [2.75, 3.05) is 13.7 Å². The predicted octanol–water partition coefficient (Wildman–Crippen LogP) is 0.445. The van der Waals surface area contributed by atoms with Crippen molar-refractivity contribution in [1.29, 1.82) is 0 Å². The van der Waals surface area contributed by atoms with Crippen LogP contribution in [0.25, 0.3) is 0 Å². The molecule has 1 rings (SSSR count). The van der Waals surface area contributed by atoms with E-state index in [-0.39, 0.29) is 5.91 Å². The monoisotopic (exact) mass is 223 g/mol. The van der Waals surface area contributed by atoms with Crippen LogP contribution < -0.4 is 15.8 Å². The van der Waals surface area contributed by atoms with E-state index in [0.717, 1.165) is 5.56 Å². The second-order valence-electron chi connectivity index (χ2n) is 3.38. The number of nitrogens with two attached hydrogens (primary N) is 1. The van der Waals surface area contributed by atoms with Crippen molar-refractivity contribution >= 4 is 5.91 Å². The fourth-order valence-corrected chi connectivity index (χ4v) is 1.19. The lowest BCUT2D eigenvalue weighted by molar-refractivity contribution is -0.121. The molecule has 0 aliphatic rings. The molecule has 0 bridgehead atoms. The second-order valence-corrected chi connectivity index (χ2v) is 3.38. The van der Waals surface area contributed by atoms with Gasteiger partial charge < -0.3 is 15.8 Å². The van der Waals surface area contributed by atoms with E-state index < -0.39 is 0 Å². The maximum atomic E-state index is 11.3. The molecule has 0 fully saturated rings. The summed E-state index contributed by atoms with van der Waals surface area (Å²) in [6.45, 7) is 1.03. The zero-order valence-electron chi connectivity index (χ0n) is 9.40. The van der Waals surface area contributed by atoms with Gasteiger partial charge in [-0.2, -0.15) is 0 Å². The van der Waals surface area contributed by atoms with E-state index in [4.69, 9.17) is 10.5 Å². The average molecular weight is 223 g/mol. The first-order chi connectivity index (χ1) is 7.76. The molecule has 0 unspecified atom stereocenters. The van der Waals surface area contributed by atoms with Crippen molar-refractivity contribution in [2.45, 2.75) is 19.4 Å². The van der Waals surface area contributed by atoms with Crippen molar-refractivity contribution < 1.29 is 9.53 Å². The van der Waals surface area contributed by atoms with E-state index in [9.17, 15) is 4.79 Å². The highest BCUT2D eigenvalue weighted by molar-refractivity contribution is 5.75. The number of pyridine rings is 1. The summed E-state index contributed by atoms with van der Waals surface area (Å²) in [4.78, 5) is 15.3. The average Bonchev–Trinajstić information content (AvgIpc) is 2.34. The maximum absolute atomic E-state index is 11.3. The Kier molecular flexibility index (Phi) is 5.28. The quantitative estimate of drug-likeness (QED) is 0.734. The molecule has 5 heteroatoms. The third-order valence-corrected chi connectivity index (χ3v) is 2.10. The van der Waals surface area contributed by atoms with Gasteiger partial charge in [0.2, 0.25) is 11.8 Å². The van der Waals surface area contributed by atoms with Crippen LogP contribution >= 0.6 is 0 Å². The molecule has 1 aromatic rings. The van der Waals surface area contributed by atoms with Crippen molar-refractivity contribution in [1.82, 2.24) is 10.3 Å². The fraction of sp³-hybridized carbons (Fsp3) is 0.455. The van der Waals surface area contributed by atoms with Gasteiger partial charge in [0, 0.05) is 25.2 Å². The van der Waals surface area contributed by atoms with Gasteiger partial charge in [0.15, 0.2) is 0 Å². The zero-order chi connectivity index (χ0) is 11.8. The molecule has 0 saturated carbocycles. The molecule has 0 spiro atoms. The lowest BCUT2D eigenvalue weighted by Crippen LogP contribution is -2.23. The van der Waals surface area contributed by atoms with E-state index in [1.165, 1.54) is 0 Å². The van der Waals surface area contributed by atoms with E-state index in [0.29, 0.717) is 31.8 Å². The second kappa shape index (κ2) is 6.79. The Hall–Kier alpha value is -1.62. The van der Waals surface area contributed by atoms with E-state index in [1.807, 2.05) is 6.07 Å². The van der Waals surface area contributed by atoms with Crippen LogP contribution in [-0.2, 0) is 11.3 Å². The summed E-state index contributed by atoms with van der Waals surface area (Å²) < 4.78 is 4.94. The minimum atomic E-state index is 0.0151. The van der Waals surface area contributed by atoms with Crippen molar-refractivity contribution in [2.24, 2.45) is 5.73 Å². The van der Waals surface area contributed by atoms with Gasteiger partial charge in [-0.05, 0) is 18.5 Å². The Morgan fingerprint density at radius 2 is 2.38 bits per heavy atom. The summed E-state index contributed by atoms with van der Waals surface area (Å²) in [6, 6.07) is 3.64. The normalized spacial score (nSPS) is 9.88. The van der Waals surface area contributed by atoms with Gasteiger partial charge in [-0.25, -0.2) is 4.98 Å². The largest absolute Gasteiger partial charge is 0.481 e. The molecular formula is C11H17N3O2. The molecule has 1 aromatic heterocycles. The first-order valence-electron chi connectivity index (χ1n) is 5.22. The Morgan fingerprint density at radius 1 is 1.56 bits per heavy atom. The molecule has 1 heterocycles. The summed E-state index contributed by atoms with van der Waals surface area (Å²) in [5.41, 5.74) is 6.26. The molecule has 3 N–H and O–H groups in total. The Labute approximate surface area is 95.0 Å². The van der Waals surface area contributed by atoms with Crippen molar-refractivity contribution in [3.05, 3.63) is 23.9 Å². The Balaban J connectivity index is 2.33. The molecule has 1 amide bonds. The van der Waals surface area contributed by atoms with Crippen LogP contribution in [0, 0.1) is 0 Å². The standard InChI is InChI=1S/C11H17N3O2/c1-16-11-5-4-9(8-14-11)7-13-10(15)3-2-6-12/h4-5,8H,2-3,6-7,12H2,1H3,(H,13,15). The topological polar surface area (TPSA) is 77.2 Å².